The lowest BCUT2D eigenvalue weighted by molar-refractivity contribution is -0.139. The van der Waals surface area contributed by atoms with Gasteiger partial charge in [-0.3, -0.25) is 19.4 Å². The zero-order chi connectivity index (χ0) is 23.7. The summed E-state index contributed by atoms with van der Waals surface area (Å²) in [7, 11) is 0. The summed E-state index contributed by atoms with van der Waals surface area (Å²) in [5.41, 5.74) is 1.22. The second kappa shape index (κ2) is 9.27. The number of nitrogens with one attached hydrogen (secondary N) is 1. The van der Waals surface area contributed by atoms with Crippen LogP contribution in [0.5, 0.6) is 0 Å². The van der Waals surface area contributed by atoms with Crippen LogP contribution in [0, 0.1) is 5.82 Å². The number of amides is 2. The van der Waals surface area contributed by atoms with E-state index in [0.29, 0.717) is 16.5 Å². The molecule has 1 saturated heterocycles. The number of Topliss-reactive ketones (excluding diaryl/α,β-unsaturated/α-hetero) is 1. The molecule has 0 aliphatic carbocycles. The molecule has 0 unspecified atom stereocenters. The smallest absolute Gasteiger partial charge is 0.243 e. The zero-order valence-corrected chi connectivity index (χ0v) is 18.5. The molecule has 0 spiro atoms. The highest BCUT2D eigenvalue weighted by atomic mass is 35.5. The summed E-state index contributed by atoms with van der Waals surface area (Å²) in [6, 6.07) is 5.09. The molecule has 0 saturated carbocycles. The third-order valence-corrected chi connectivity index (χ3v) is 6.02. The maximum atomic E-state index is 14.2. The SMILES string of the molecule is CC(=O)c1cn(CC(=O)N2C[C@H](F)C[C@H]2C(=O)NCc2cccc(Cl)c2F)c2cnccc12. The Morgan fingerprint density at radius 1 is 1.27 bits per heavy atom. The van der Waals surface area contributed by atoms with Crippen molar-refractivity contribution in [3.8, 4) is 0 Å². The lowest BCUT2D eigenvalue weighted by Gasteiger charge is -2.24. The molecule has 0 radical (unpaired) electrons. The van der Waals surface area contributed by atoms with Gasteiger partial charge < -0.3 is 14.8 Å². The molecule has 33 heavy (non-hydrogen) atoms. The summed E-state index contributed by atoms with van der Waals surface area (Å²) >= 11 is 5.76. The standard InChI is InChI=1S/C23H21ClF2N4O3/c1-13(31)17-11-29(20-9-27-6-5-16(17)20)12-21(32)30-10-15(25)7-19(30)23(33)28-8-14-3-2-4-18(24)22(14)26/h2-6,9,11,15,19H,7-8,10,12H2,1H3,(H,28,33)/t15-,19+/m1/s1. The number of halogens is 3. The second-order valence-corrected chi connectivity index (χ2v) is 8.35. The van der Waals surface area contributed by atoms with E-state index in [4.69, 9.17) is 11.6 Å². The van der Waals surface area contributed by atoms with Crippen molar-refractivity contribution >= 4 is 40.1 Å². The first-order valence-corrected chi connectivity index (χ1v) is 10.7. The maximum Gasteiger partial charge on any atom is 0.243 e. The van der Waals surface area contributed by atoms with Gasteiger partial charge in [-0.1, -0.05) is 23.7 Å². The third-order valence-electron chi connectivity index (χ3n) is 5.73. The van der Waals surface area contributed by atoms with Crippen molar-refractivity contribution < 1.29 is 23.2 Å². The van der Waals surface area contributed by atoms with Gasteiger partial charge >= 0.3 is 0 Å². The van der Waals surface area contributed by atoms with Crippen molar-refractivity contribution in [2.45, 2.75) is 38.6 Å². The van der Waals surface area contributed by atoms with Crippen LogP contribution in [0.25, 0.3) is 10.9 Å². The van der Waals surface area contributed by atoms with E-state index < -0.39 is 29.8 Å². The van der Waals surface area contributed by atoms with Crippen LogP contribution in [0.3, 0.4) is 0 Å². The fourth-order valence-corrected chi connectivity index (χ4v) is 4.27. The molecule has 0 bridgehead atoms. The minimum atomic E-state index is -1.36. The van der Waals surface area contributed by atoms with E-state index in [2.05, 4.69) is 10.3 Å². The summed E-state index contributed by atoms with van der Waals surface area (Å²) in [6.07, 6.45) is 3.15. The monoisotopic (exact) mass is 474 g/mol. The van der Waals surface area contributed by atoms with Gasteiger partial charge in [0, 0.05) is 41.9 Å². The Bertz CT molecular complexity index is 1250. The number of hydrogen-bond acceptors (Lipinski definition) is 4. The first-order chi connectivity index (χ1) is 15.8. The average Bonchev–Trinajstić information content (AvgIpc) is 3.36. The number of likely N-dealkylation sites (tertiary alicyclic amines) is 1. The van der Waals surface area contributed by atoms with Crippen LogP contribution in [-0.4, -0.2) is 50.8 Å². The van der Waals surface area contributed by atoms with E-state index in [-0.39, 0.29) is 42.4 Å². The molecule has 3 heterocycles. The Kier molecular flexibility index (Phi) is 6.42. The van der Waals surface area contributed by atoms with Gasteiger partial charge in [-0.25, -0.2) is 8.78 Å². The Morgan fingerprint density at radius 3 is 2.82 bits per heavy atom. The van der Waals surface area contributed by atoms with Gasteiger partial charge in [0.15, 0.2) is 5.78 Å². The molecule has 3 aromatic rings. The molecule has 1 N–H and O–H groups in total. The molecule has 1 aliphatic heterocycles. The molecular formula is C23H21ClF2N4O3. The highest BCUT2D eigenvalue weighted by molar-refractivity contribution is 6.30. The largest absolute Gasteiger partial charge is 0.350 e. The van der Waals surface area contributed by atoms with E-state index in [1.165, 1.54) is 24.0 Å². The van der Waals surface area contributed by atoms with Gasteiger partial charge in [-0.2, -0.15) is 0 Å². The molecule has 7 nitrogen and oxygen atoms in total. The molecule has 172 valence electrons. The average molecular weight is 475 g/mol. The lowest BCUT2D eigenvalue weighted by Crippen LogP contribution is -2.46. The number of hydrogen-bond donors (Lipinski definition) is 1. The predicted octanol–water partition coefficient (Wildman–Crippen LogP) is 3.29. The van der Waals surface area contributed by atoms with Crippen molar-refractivity contribution in [1.82, 2.24) is 19.8 Å². The number of ketones is 1. The Labute approximate surface area is 193 Å². The molecule has 1 aliphatic rings. The van der Waals surface area contributed by atoms with Crippen molar-refractivity contribution in [2.24, 2.45) is 0 Å². The molecular weight excluding hydrogens is 454 g/mol. The molecule has 2 aromatic heterocycles. The summed E-state index contributed by atoms with van der Waals surface area (Å²) in [4.78, 5) is 43.0. The first-order valence-electron chi connectivity index (χ1n) is 10.3. The van der Waals surface area contributed by atoms with Gasteiger partial charge in [-0.15, -0.1) is 0 Å². The molecule has 1 fully saturated rings. The normalized spacial score (nSPS) is 18.0. The van der Waals surface area contributed by atoms with Gasteiger partial charge in [0.1, 0.15) is 24.6 Å². The quantitative estimate of drug-likeness (QED) is 0.556. The van der Waals surface area contributed by atoms with Gasteiger partial charge in [0.2, 0.25) is 11.8 Å². The number of benzene rings is 1. The molecule has 1 aromatic carbocycles. The highest BCUT2D eigenvalue weighted by Crippen LogP contribution is 2.25. The molecule has 2 amide bonds. The van der Waals surface area contributed by atoms with Gasteiger partial charge in [-0.05, 0) is 19.1 Å². The fourth-order valence-electron chi connectivity index (χ4n) is 4.08. The molecule has 10 heteroatoms. The van der Waals surface area contributed by atoms with Crippen molar-refractivity contribution in [2.75, 3.05) is 6.54 Å². The Hall–Kier alpha value is -3.33. The number of nitrogens with zero attached hydrogens (tertiary/aromatic N) is 3. The number of fused-ring (bicyclic) bond motifs is 1. The van der Waals surface area contributed by atoms with Crippen LogP contribution in [0.1, 0.15) is 29.3 Å². The van der Waals surface area contributed by atoms with Crippen molar-refractivity contribution in [1.29, 1.82) is 0 Å². The summed E-state index contributed by atoms with van der Waals surface area (Å²) < 4.78 is 29.9. The molecule has 4 rings (SSSR count). The maximum absolute atomic E-state index is 14.2. The topological polar surface area (TPSA) is 84.3 Å². The number of carbonyl (C=O) groups is 3. The van der Waals surface area contributed by atoms with Crippen molar-refractivity contribution in [3.63, 3.8) is 0 Å². The van der Waals surface area contributed by atoms with Crippen LogP contribution in [-0.2, 0) is 22.7 Å². The number of carbonyl (C=O) groups excluding carboxylic acids is 3. The fraction of sp³-hybridized carbons (Fsp3) is 0.304. The zero-order valence-electron chi connectivity index (χ0n) is 17.7. The van der Waals surface area contributed by atoms with Crippen LogP contribution < -0.4 is 5.32 Å². The van der Waals surface area contributed by atoms with Crippen LogP contribution in [0.2, 0.25) is 5.02 Å². The van der Waals surface area contributed by atoms with E-state index in [1.54, 1.807) is 35.3 Å². The Balaban J connectivity index is 1.50. The van der Waals surface area contributed by atoms with Gasteiger partial charge in [0.25, 0.3) is 0 Å². The van der Waals surface area contributed by atoms with Gasteiger partial charge in [0.05, 0.1) is 23.3 Å². The minimum Gasteiger partial charge on any atom is -0.350 e. The number of rotatable bonds is 6. The predicted molar refractivity (Wildman–Crippen MR) is 118 cm³/mol. The summed E-state index contributed by atoms with van der Waals surface area (Å²) in [5, 5.41) is 3.16. The van der Waals surface area contributed by atoms with E-state index in [9.17, 15) is 23.2 Å². The summed E-state index contributed by atoms with van der Waals surface area (Å²) in [6.45, 7) is 0.879. The van der Waals surface area contributed by atoms with Crippen LogP contribution >= 0.6 is 11.6 Å². The lowest BCUT2D eigenvalue weighted by atomic mass is 10.1. The molecule has 2 atom stereocenters. The first kappa shape index (κ1) is 22.8. The van der Waals surface area contributed by atoms with Crippen LogP contribution in [0.4, 0.5) is 8.78 Å². The van der Waals surface area contributed by atoms with E-state index in [0.717, 1.165) is 0 Å². The third kappa shape index (κ3) is 4.59. The van der Waals surface area contributed by atoms with E-state index >= 15 is 0 Å². The number of pyridine rings is 1. The number of alkyl halides is 1. The highest BCUT2D eigenvalue weighted by Gasteiger charge is 2.39. The van der Waals surface area contributed by atoms with Crippen LogP contribution in [0.15, 0.2) is 42.9 Å². The van der Waals surface area contributed by atoms with Crippen molar-refractivity contribution in [3.05, 3.63) is 64.8 Å². The second-order valence-electron chi connectivity index (χ2n) is 7.95. The minimum absolute atomic E-state index is 0.0680. The Morgan fingerprint density at radius 2 is 2.06 bits per heavy atom. The van der Waals surface area contributed by atoms with E-state index in [1.807, 2.05) is 0 Å². The summed E-state index contributed by atoms with van der Waals surface area (Å²) in [5.74, 6) is -1.85. The number of aromatic nitrogens is 2.